The molecule has 0 saturated heterocycles. The molecular formula is H4CeCuO2. The Kier molecular flexibility index (Phi) is 217. The number of hydrogen-bond donors (Lipinski definition) is 0. The first kappa shape index (κ1) is 40.9. The summed E-state index contributed by atoms with van der Waals surface area (Å²) in [5, 5.41) is 0. The van der Waals surface area contributed by atoms with Crippen LogP contribution in [0.3, 0.4) is 0 Å². The number of hydrogen-bond acceptors (Lipinski definition) is 0. The zero-order chi connectivity index (χ0) is 0. The predicted molar refractivity (Wildman–Crippen MR) is 7.23 cm³/mol. The van der Waals surface area contributed by atoms with Gasteiger partial charge in [0.15, 0.2) is 0 Å². The van der Waals surface area contributed by atoms with Gasteiger partial charge in [0.25, 0.3) is 0 Å². The Balaban J connectivity index is 0. The van der Waals surface area contributed by atoms with Gasteiger partial charge in [0.05, 0.1) is 0 Å². The van der Waals surface area contributed by atoms with Gasteiger partial charge < -0.3 is 11.0 Å². The van der Waals surface area contributed by atoms with E-state index in [0.29, 0.717) is 0 Å². The molecule has 0 saturated carbocycles. The van der Waals surface area contributed by atoms with Crippen LogP contribution in [-0.4, -0.2) is 11.0 Å². The van der Waals surface area contributed by atoms with E-state index in [1.807, 2.05) is 0 Å². The molecular weight excluding hydrogens is 236 g/mol. The maximum atomic E-state index is 0. The second kappa shape index (κ2) is 21.3. The summed E-state index contributed by atoms with van der Waals surface area (Å²) in [7, 11) is 0. The van der Waals surface area contributed by atoms with Crippen molar-refractivity contribution in [1.82, 2.24) is 0 Å². The van der Waals surface area contributed by atoms with Crippen molar-refractivity contribution in [3.63, 3.8) is 0 Å². The molecule has 0 aromatic heterocycles. The Morgan fingerprint density at radius 1 is 0.750 bits per heavy atom. The average molecular weight is 240 g/mol. The topological polar surface area (TPSA) is 63.0 Å². The van der Waals surface area contributed by atoms with Gasteiger partial charge in [-0.2, -0.15) is 0 Å². The fourth-order valence-corrected chi connectivity index (χ4v) is 0. The van der Waals surface area contributed by atoms with Gasteiger partial charge in [0.1, 0.15) is 0 Å². The van der Waals surface area contributed by atoms with Crippen molar-refractivity contribution < 1.29 is 69.8 Å². The van der Waals surface area contributed by atoms with Crippen LogP contribution in [0.25, 0.3) is 0 Å². The van der Waals surface area contributed by atoms with Crippen LogP contribution in [0.1, 0.15) is 0 Å². The second-order valence-corrected chi connectivity index (χ2v) is 0. The molecule has 4 heteroatoms. The van der Waals surface area contributed by atoms with Gasteiger partial charge in [-0.3, -0.25) is 0 Å². The fourth-order valence-electron chi connectivity index (χ4n) is 0. The molecule has 4 heavy (non-hydrogen) atoms. The molecule has 0 fully saturated rings. The molecule has 0 aliphatic carbocycles. The van der Waals surface area contributed by atoms with Crippen molar-refractivity contribution in [1.29, 1.82) is 0 Å². The molecule has 0 amide bonds. The van der Waals surface area contributed by atoms with Crippen molar-refractivity contribution in [3.05, 3.63) is 0 Å². The van der Waals surface area contributed by atoms with Crippen LogP contribution < -0.4 is 0 Å². The quantitative estimate of drug-likeness (QED) is 0.455. The van der Waals surface area contributed by atoms with Crippen molar-refractivity contribution >= 4 is 0 Å². The molecule has 0 aliphatic heterocycles. The van der Waals surface area contributed by atoms with E-state index in [1.165, 1.54) is 0 Å². The third-order valence-electron chi connectivity index (χ3n) is 0. The molecule has 0 heterocycles. The predicted octanol–water partition coefficient (Wildman–Crippen LogP) is -1.65. The molecule has 1 radical (unpaired) electrons. The molecule has 4 N–H and O–H groups in total. The minimum Gasteiger partial charge on any atom is -0.412 e. The summed E-state index contributed by atoms with van der Waals surface area (Å²) in [6.45, 7) is 0. The summed E-state index contributed by atoms with van der Waals surface area (Å²) in [4.78, 5) is 0. The minimum absolute atomic E-state index is 0. The van der Waals surface area contributed by atoms with Crippen LogP contribution in [0.4, 0.5) is 0 Å². The summed E-state index contributed by atoms with van der Waals surface area (Å²) in [5.41, 5.74) is 0. The van der Waals surface area contributed by atoms with Crippen molar-refractivity contribution in [2.45, 2.75) is 0 Å². The molecule has 0 spiro atoms. The third kappa shape index (κ3) is 9.18. The van der Waals surface area contributed by atoms with Gasteiger partial charge in [0.2, 0.25) is 0 Å². The van der Waals surface area contributed by atoms with E-state index in [9.17, 15) is 0 Å². The zero-order valence-corrected chi connectivity index (χ0v) is 5.88. The van der Waals surface area contributed by atoms with Gasteiger partial charge >= 0.3 is 0 Å². The van der Waals surface area contributed by atoms with Gasteiger partial charge in [-0.05, 0) is 0 Å². The molecule has 2 nitrogen and oxygen atoms in total. The SMILES string of the molecule is O.O.[Ce].[Cu]. The molecule has 0 rings (SSSR count). The van der Waals surface area contributed by atoms with E-state index in [4.69, 9.17) is 0 Å². The fraction of sp³-hybridized carbons (Fsp3) is 0. The van der Waals surface area contributed by atoms with Crippen LogP contribution in [0.15, 0.2) is 0 Å². The van der Waals surface area contributed by atoms with Crippen molar-refractivity contribution in [2.24, 2.45) is 0 Å². The molecule has 31 valence electrons. The summed E-state index contributed by atoms with van der Waals surface area (Å²) in [6, 6.07) is 0. The van der Waals surface area contributed by atoms with E-state index in [0.717, 1.165) is 0 Å². The van der Waals surface area contributed by atoms with Crippen LogP contribution in [-0.2, 0) is 17.1 Å². The zero-order valence-electron chi connectivity index (χ0n) is 1.80. The summed E-state index contributed by atoms with van der Waals surface area (Å²) < 4.78 is 0. The molecule has 0 atom stereocenters. The van der Waals surface area contributed by atoms with Crippen LogP contribution in [0.5, 0.6) is 0 Å². The molecule has 0 aromatic rings. The van der Waals surface area contributed by atoms with Crippen molar-refractivity contribution in [2.75, 3.05) is 0 Å². The Morgan fingerprint density at radius 3 is 0.750 bits per heavy atom. The number of rotatable bonds is 0. The van der Waals surface area contributed by atoms with Crippen LogP contribution >= 0.6 is 0 Å². The largest absolute Gasteiger partial charge is 0.412 e. The van der Waals surface area contributed by atoms with E-state index in [2.05, 4.69) is 0 Å². The minimum atomic E-state index is 0. The summed E-state index contributed by atoms with van der Waals surface area (Å²) >= 11 is 0. The van der Waals surface area contributed by atoms with E-state index >= 15 is 0 Å². The second-order valence-electron chi connectivity index (χ2n) is 0. The van der Waals surface area contributed by atoms with Crippen LogP contribution in [0.2, 0.25) is 0 Å². The third-order valence-corrected chi connectivity index (χ3v) is 0. The molecule has 0 unspecified atom stereocenters. The molecule has 0 aliphatic rings. The van der Waals surface area contributed by atoms with Gasteiger partial charge in [0, 0.05) is 58.8 Å². The Bertz CT molecular complexity index is 6.00. The Morgan fingerprint density at radius 2 is 0.750 bits per heavy atom. The first-order valence-electron chi connectivity index (χ1n) is 0. The standard InChI is InChI=1S/Ce.Cu.2H2O/h;;2*1H2. The monoisotopic (exact) mass is 239 g/mol. The van der Waals surface area contributed by atoms with Crippen LogP contribution in [0, 0.1) is 41.7 Å². The van der Waals surface area contributed by atoms with Gasteiger partial charge in [-0.25, -0.2) is 0 Å². The normalized spacial score (nSPS) is 0. The van der Waals surface area contributed by atoms with E-state index < -0.39 is 0 Å². The first-order valence-corrected chi connectivity index (χ1v) is 0. The average Bonchev–Trinajstić information content (AvgIpc) is 0. The summed E-state index contributed by atoms with van der Waals surface area (Å²) in [6.07, 6.45) is 0. The molecule has 0 bridgehead atoms. The summed E-state index contributed by atoms with van der Waals surface area (Å²) in [5.74, 6) is 0. The van der Waals surface area contributed by atoms with Gasteiger partial charge in [-0.1, -0.05) is 0 Å². The van der Waals surface area contributed by atoms with Crippen molar-refractivity contribution in [3.8, 4) is 0 Å². The van der Waals surface area contributed by atoms with Gasteiger partial charge in [-0.15, -0.1) is 0 Å². The molecule has 0 aromatic carbocycles. The maximum absolute atomic E-state index is 0. The van der Waals surface area contributed by atoms with E-state index in [1.54, 1.807) is 0 Å². The Labute approximate surface area is 68.8 Å². The first-order chi connectivity index (χ1) is 0. The Hall–Kier alpha value is 1.82. The maximum Gasteiger partial charge on any atom is 0 e. The van der Waals surface area contributed by atoms with E-state index in [-0.39, 0.29) is 69.8 Å². The smallest absolute Gasteiger partial charge is 0 e.